The third-order valence-electron chi connectivity index (χ3n) is 1.91. The lowest BCUT2D eigenvalue weighted by molar-refractivity contribution is 0.0672. The molecule has 0 bridgehead atoms. The molecule has 0 aromatic carbocycles. The molecule has 76 valence electrons. The van der Waals surface area contributed by atoms with E-state index in [0.717, 1.165) is 0 Å². The van der Waals surface area contributed by atoms with Gasteiger partial charge in [-0.3, -0.25) is 0 Å². The fourth-order valence-electron chi connectivity index (χ4n) is 1.18. The highest BCUT2D eigenvalue weighted by molar-refractivity contribution is 5.26. The molecule has 1 aromatic rings. The Hall–Kier alpha value is -1.40. The molecule has 0 amide bonds. The first-order valence-corrected chi connectivity index (χ1v) is 4.26. The predicted molar refractivity (Wildman–Crippen MR) is 47.7 cm³/mol. The van der Waals surface area contributed by atoms with Crippen LogP contribution < -0.4 is 10.5 Å². The molecule has 6 nitrogen and oxygen atoms in total. The van der Waals surface area contributed by atoms with E-state index in [-0.39, 0.29) is 12.6 Å². The van der Waals surface area contributed by atoms with Gasteiger partial charge in [0.1, 0.15) is 11.9 Å². The number of aromatic nitrogens is 2. The Labute approximate surface area is 80.7 Å². The molecule has 2 heterocycles. The highest BCUT2D eigenvalue weighted by atomic mass is 16.6. The Morgan fingerprint density at radius 3 is 3.07 bits per heavy atom. The molecule has 1 aliphatic heterocycles. The molecule has 0 aliphatic carbocycles. The number of ether oxygens (including phenoxy) is 2. The molecule has 0 spiro atoms. The first kappa shape index (κ1) is 9.17. The van der Waals surface area contributed by atoms with Crippen LogP contribution in [0.4, 0.5) is 5.82 Å². The van der Waals surface area contributed by atoms with E-state index < -0.39 is 12.2 Å². The normalized spacial score (nSPS) is 26.4. The number of aliphatic hydroxyl groups is 1. The van der Waals surface area contributed by atoms with Crippen LogP contribution in [0.3, 0.4) is 0 Å². The van der Waals surface area contributed by atoms with Crippen LogP contribution in [0.1, 0.15) is 0 Å². The maximum atomic E-state index is 9.38. The lowest BCUT2D eigenvalue weighted by atomic mass is 10.3. The van der Waals surface area contributed by atoms with Crippen molar-refractivity contribution in [3.05, 3.63) is 12.3 Å². The summed E-state index contributed by atoms with van der Waals surface area (Å²) >= 11 is 0. The van der Waals surface area contributed by atoms with Crippen molar-refractivity contribution in [1.29, 1.82) is 0 Å². The largest absolute Gasteiger partial charge is 0.455 e. The Morgan fingerprint density at radius 2 is 2.43 bits per heavy atom. The highest BCUT2D eigenvalue weighted by Gasteiger charge is 2.28. The van der Waals surface area contributed by atoms with Crippen molar-refractivity contribution in [3.63, 3.8) is 0 Å². The fourth-order valence-corrected chi connectivity index (χ4v) is 1.18. The van der Waals surface area contributed by atoms with E-state index in [4.69, 9.17) is 15.2 Å². The fraction of sp³-hybridized carbons (Fsp3) is 0.500. The Balaban J connectivity index is 2.03. The molecule has 1 saturated heterocycles. The van der Waals surface area contributed by atoms with Crippen LogP contribution in [0.25, 0.3) is 0 Å². The second-order valence-electron chi connectivity index (χ2n) is 3.03. The van der Waals surface area contributed by atoms with Gasteiger partial charge in [-0.25, -0.2) is 4.98 Å². The zero-order valence-corrected chi connectivity index (χ0v) is 7.46. The zero-order valence-electron chi connectivity index (χ0n) is 7.46. The number of anilines is 1. The molecule has 14 heavy (non-hydrogen) atoms. The van der Waals surface area contributed by atoms with Crippen LogP contribution in [-0.2, 0) is 4.74 Å². The van der Waals surface area contributed by atoms with E-state index in [1.807, 2.05) is 0 Å². The van der Waals surface area contributed by atoms with Crippen molar-refractivity contribution in [3.8, 4) is 6.01 Å². The zero-order chi connectivity index (χ0) is 9.97. The highest BCUT2D eigenvalue weighted by Crippen LogP contribution is 2.13. The molecular weight excluding hydrogens is 186 g/mol. The van der Waals surface area contributed by atoms with Gasteiger partial charge in [0.15, 0.2) is 6.10 Å². The van der Waals surface area contributed by atoms with Gasteiger partial charge in [-0.05, 0) is 6.07 Å². The monoisotopic (exact) mass is 197 g/mol. The molecule has 0 saturated carbocycles. The second-order valence-corrected chi connectivity index (χ2v) is 3.03. The van der Waals surface area contributed by atoms with Gasteiger partial charge >= 0.3 is 6.01 Å². The van der Waals surface area contributed by atoms with Crippen LogP contribution >= 0.6 is 0 Å². The molecule has 1 aliphatic rings. The molecule has 1 fully saturated rings. The minimum Gasteiger partial charge on any atom is -0.455 e. The molecule has 3 N–H and O–H groups in total. The van der Waals surface area contributed by atoms with Gasteiger partial charge in [-0.2, -0.15) is 4.98 Å². The number of nitrogen functional groups attached to an aromatic ring is 1. The van der Waals surface area contributed by atoms with Gasteiger partial charge < -0.3 is 20.3 Å². The van der Waals surface area contributed by atoms with Gasteiger partial charge in [0.25, 0.3) is 0 Å². The van der Waals surface area contributed by atoms with E-state index in [0.29, 0.717) is 12.4 Å². The van der Waals surface area contributed by atoms with Crippen LogP contribution in [0, 0.1) is 0 Å². The smallest absolute Gasteiger partial charge is 0.318 e. The summed E-state index contributed by atoms with van der Waals surface area (Å²) in [5.41, 5.74) is 5.44. The Bertz CT molecular complexity index is 320. The van der Waals surface area contributed by atoms with E-state index in [1.165, 1.54) is 6.20 Å². The first-order valence-electron chi connectivity index (χ1n) is 4.26. The molecule has 6 heteroatoms. The van der Waals surface area contributed by atoms with Crippen LogP contribution in [-0.4, -0.2) is 40.5 Å². The summed E-state index contributed by atoms with van der Waals surface area (Å²) in [6, 6.07) is 1.73. The number of nitrogens with two attached hydrogens (primary N) is 1. The summed E-state index contributed by atoms with van der Waals surface area (Å²) in [5.74, 6) is 0.336. The van der Waals surface area contributed by atoms with Crippen molar-refractivity contribution in [2.75, 3.05) is 18.9 Å². The van der Waals surface area contributed by atoms with E-state index in [2.05, 4.69) is 9.97 Å². The van der Waals surface area contributed by atoms with Crippen molar-refractivity contribution >= 4 is 5.82 Å². The van der Waals surface area contributed by atoms with Crippen LogP contribution in [0.5, 0.6) is 6.01 Å². The average molecular weight is 197 g/mol. The van der Waals surface area contributed by atoms with Gasteiger partial charge in [0, 0.05) is 6.20 Å². The lowest BCUT2D eigenvalue weighted by Crippen LogP contribution is -2.30. The maximum absolute atomic E-state index is 9.38. The predicted octanol–water partition coefficient (Wildman–Crippen LogP) is -0.803. The molecule has 1 aromatic heterocycles. The van der Waals surface area contributed by atoms with Gasteiger partial charge in [0.2, 0.25) is 0 Å². The van der Waals surface area contributed by atoms with E-state index in [9.17, 15) is 5.11 Å². The first-order chi connectivity index (χ1) is 6.75. The summed E-state index contributed by atoms with van der Waals surface area (Å²) in [6.45, 7) is 0.631. The number of nitrogens with zero attached hydrogens (tertiary/aromatic N) is 2. The summed E-state index contributed by atoms with van der Waals surface area (Å²) in [7, 11) is 0. The maximum Gasteiger partial charge on any atom is 0.318 e. The number of rotatable bonds is 2. The van der Waals surface area contributed by atoms with Crippen LogP contribution in [0.2, 0.25) is 0 Å². The summed E-state index contributed by atoms with van der Waals surface area (Å²) in [5, 5.41) is 9.38. The van der Waals surface area contributed by atoms with E-state index >= 15 is 0 Å². The van der Waals surface area contributed by atoms with Crippen molar-refractivity contribution in [2.45, 2.75) is 12.2 Å². The lowest BCUT2D eigenvalue weighted by Gasteiger charge is -2.13. The number of hydrogen-bond donors (Lipinski definition) is 2. The van der Waals surface area contributed by atoms with Crippen LogP contribution in [0.15, 0.2) is 12.3 Å². The van der Waals surface area contributed by atoms with Gasteiger partial charge in [0.05, 0.1) is 13.2 Å². The van der Waals surface area contributed by atoms with Crippen molar-refractivity contribution in [2.24, 2.45) is 0 Å². The minimum absolute atomic E-state index is 0.166. The SMILES string of the molecule is Nc1ccnc(OC2COCC2O)n1. The summed E-state index contributed by atoms with van der Waals surface area (Å²) in [6.07, 6.45) is 0.469. The number of aliphatic hydroxyl groups excluding tert-OH is 1. The third-order valence-corrected chi connectivity index (χ3v) is 1.91. The quantitative estimate of drug-likeness (QED) is 0.644. The van der Waals surface area contributed by atoms with Crippen molar-refractivity contribution < 1.29 is 14.6 Å². The Morgan fingerprint density at radius 1 is 1.57 bits per heavy atom. The Kier molecular flexibility index (Phi) is 2.47. The van der Waals surface area contributed by atoms with Gasteiger partial charge in [-0.1, -0.05) is 0 Å². The minimum atomic E-state index is -0.625. The number of hydrogen-bond acceptors (Lipinski definition) is 6. The molecule has 2 rings (SSSR count). The molecule has 0 radical (unpaired) electrons. The molecule has 2 atom stereocenters. The summed E-state index contributed by atoms with van der Waals surface area (Å²) < 4.78 is 10.3. The summed E-state index contributed by atoms with van der Waals surface area (Å²) in [4.78, 5) is 7.71. The third kappa shape index (κ3) is 1.91. The van der Waals surface area contributed by atoms with Crippen molar-refractivity contribution in [1.82, 2.24) is 9.97 Å². The molecule has 2 unspecified atom stereocenters. The topological polar surface area (TPSA) is 90.5 Å². The second kappa shape index (κ2) is 3.77. The van der Waals surface area contributed by atoms with Gasteiger partial charge in [-0.15, -0.1) is 0 Å². The average Bonchev–Trinajstić information content (AvgIpc) is 2.52. The molecular formula is C8H11N3O3. The standard InChI is InChI=1S/C8H11N3O3/c9-7-1-2-10-8(11-7)14-6-4-13-3-5(6)12/h1-2,5-6,12H,3-4H2,(H2,9,10,11). The van der Waals surface area contributed by atoms with E-state index in [1.54, 1.807) is 6.07 Å².